The van der Waals surface area contributed by atoms with Crippen LogP contribution in [-0.4, -0.2) is 43.4 Å². The van der Waals surface area contributed by atoms with Gasteiger partial charge in [0.1, 0.15) is 0 Å². The van der Waals surface area contributed by atoms with Crippen molar-refractivity contribution in [3.05, 3.63) is 23.9 Å². The maximum Gasteiger partial charge on any atom is 0.213 e. The Morgan fingerprint density at radius 3 is 2.50 bits per heavy atom. The molecule has 1 aromatic rings. The van der Waals surface area contributed by atoms with Crippen LogP contribution in [0, 0.1) is 5.92 Å². The summed E-state index contributed by atoms with van der Waals surface area (Å²) in [5, 5.41) is 6.52. The molecule has 150 valence electrons. The third kappa shape index (κ3) is 12.3. The number of nitrogens with one attached hydrogen (secondary N) is 2. The first-order chi connectivity index (χ1) is 12.0. The monoisotopic (exact) mass is 478 g/mol. The van der Waals surface area contributed by atoms with Gasteiger partial charge in [0.25, 0.3) is 0 Å². The molecule has 0 amide bonds. The van der Waals surface area contributed by atoms with Crippen molar-refractivity contribution in [2.75, 3.05) is 26.3 Å². The number of rotatable bonds is 11. The second-order valence-corrected chi connectivity index (χ2v) is 6.59. The second kappa shape index (κ2) is 15.0. The first kappa shape index (κ1) is 24.9. The van der Waals surface area contributed by atoms with E-state index in [2.05, 4.69) is 41.4 Å². The Morgan fingerprint density at radius 1 is 1.15 bits per heavy atom. The van der Waals surface area contributed by atoms with Gasteiger partial charge < -0.3 is 20.1 Å². The fourth-order valence-corrected chi connectivity index (χ4v) is 1.99. The van der Waals surface area contributed by atoms with Crippen LogP contribution < -0.4 is 15.4 Å². The lowest BCUT2D eigenvalue weighted by Crippen LogP contribution is -2.39. The van der Waals surface area contributed by atoms with Gasteiger partial charge in [-0.2, -0.15) is 0 Å². The molecular weight excluding hydrogens is 443 g/mol. The van der Waals surface area contributed by atoms with E-state index in [-0.39, 0.29) is 30.1 Å². The molecule has 0 unspecified atom stereocenters. The van der Waals surface area contributed by atoms with Gasteiger partial charge in [0, 0.05) is 32.0 Å². The van der Waals surface area contributed by atoms with Crippen LogP contribution in [0.1, 0.15) is 46.6 Å². The van der Waals surface area contributed by atoms with E-state index in [4.69, 9.17) is 9.47 Å². The number of nitrogens with zero attached hydrogens (tertiary/aromatic N) is 2. The molecule has 0 bridgehead atoms. The van der Waals surface area contributed by atoms with Crippen molar-refractivity contribution < 1.29 is 9.47 Å². The highest BCUT2D eigenvalue weighted by Crippen LogP contribution is 2.10. The van der Waals surface area contributed by atoms with Gasteiger partial charge in [0.2, 0.25) is 5.88 Å². The van der Waals surface area contributed by atoms with Gasteiger partial charge in [-0.25, -0.2) is 9.98 Å². The van der Waals surface area contributed by atoms with E-state index in [0.29, 0.717) is 24.9 Å². The topological polar surface area (TPSA) is 67.8 Å². The molecule has 0 radical (unpaired) electrons. The zero-order chi connectivity index (χ0) is 18.5. The smallest absolute Gasteiger partial charge is 0.213 e. The SMILES string of the molecule is CCNC(=NCc1ccc(OC(C)C)nc1)NCCOCCC(C)C.I. The summed E-state index contributed by atoms with van der Waals surface area (Å²) in [6, 6.07) is 3.88. The van der Waals surface area contributed by atoms with E-state index >= 15 is 0 Å². The minimum Gasteiger partial charge on any atom is -0.475 e. The summed E-state index contributed by atoms with van der Waals surface area (Å²) in [5.41, 5.74) is 1.04. The number of guanidine groups is 1. The molecule has 26 heavy (non-hydrogen) atoms. The van der Waals surface area contributed by atoms with Gasteiger partial charge in [-0.3, -0.25) is 0 Å². The van der Waals surface area contributed by atoms with Gasteiger partial charge in [0.15, 0.2) is 5.96 Å². The zero-order valence-electron chi connectivity index (χ0n) is 16.7. The van der Waals surface area contributed by atoms with Crippen LogP contribution in [0.4, 0.5) is 0 Å². The van der Waals surface area contributed by atoms with Crippen LogP contribution in [0.25, 0.3) is 0 Å². The molecule has 0 atom stereocenters. The molecule has 0 saturated carbocycles. The van der Waals surface area contributed by atoms with Gasteiger partial charge in [0.05, 0.1) is 19.3 Å². The Kier molecular flexibility index (Phi) is 14.4. The molecule has 1 rings (SSSR count). The van der Waals surface area contributed by atoms with Crippen molar-refractivity contribution in [3.63, 3.8) is 0 Å². The highest BCUT2D eigenvalue weighted by Gasteiger charge is 2.01. The number of ether oxygens (including phenoxy) is 2. The van der Waals surface area contributed by atoms with Crippen molar-refractivity contribution in [2.24, 2.45) is 10.9 Å². The molecule has 0 aliphatic rings. The summed E-state index contributed by atoms with van der Waals surface area (Å²) in [6.07, 6.45) is 3.03. The normalized spacial score (nSPS) is 11.4. The molecule has 0 spiro atoms. The van der Waals surface area contributed by atoms with Crippen LogP contribution in [0.3, 0.4) is 0 Å². The highest BCUT2D eigenvalue weighted by molar-refractivity contribution is 14.0. The fraction of sp³-hybridized carbons (Fsp3) is 0.684. The first-order valence-electron chi connectivity index (χ1n) is 9.22. The molecular formula is C19H35IN4O2. The Bertz CT molecular complexity index is 493. The van der Waals surface area contributed by atoms with Crippen LogP contribution in [0.2, 0.25) is 0 Å². The molecule has 6 nitrogen and oxygen atoms in total. The lowest BCUT2D eigenvalue weighted by Gasteiger charge is -2.12. The summed E-state index contributed by atoms with van der Waals surface area (Å²) >= 11 is 0. The maximum absolute atomic E-state index is 5.61. The fourth-order valence-electron chi connectivity index (χ4n) is 1.99. The number of pyridine rings is 1. The number of aliphatic imine (C=N–C) groups is 1. The van der Waals surface area contributed by atoms with Crippen molar-refractivity contribution in [3.8, 4) is 5.88 Å². The number of halogens is 1. The summed E-state index contributed by atoms with van der Waals surface area (Å²) in [7, 11) is 0. The van der Waals surface area contributed by atoms with Crippen molar-refractivity contribution in [1.29, 1.82) is 0 Å². The van der Waals surface area contributed by atoms with Gasteiger partial charge in [-0.05, 0) is 38.7 Å². The molecule has 7 heteroatoms. The maximum atomic E-state index is 5.61. The molecule has 1 aromatic heterocycles. The van der Waals surface area contributed by atoms with Crippen LogP contribution in [0.15, 0.2) is 23.3 Å². The molecule has 0 aliphatic carbocycles. The van der Waals surface area contributed by atoms with E-state index in [1.807, 2.05) is 26.0 Å². The molecule has 1 heterocycles. The van der Waals surface area contributed by atoms with E-state index in [1.165, 1.54) is 0 Å². The summed E-state index contributed by atoms with van der Waals surface area (Å²) in [5.74, 6) is 2.11. The Labute approximate surface area is 175 Å². The number of hydrogen-bond donors (Lipinski definition) is 2. The minimum absolute atomic E-state index is 0. The third-order valence-corrected chi connectivity index (χ3v) is 3.30. The average molecular weight is 478 g/mol. The molecule has 2 N–H and O–H groups in total. The summed E-state index contributed by atoms with van der Waals surface area (Å²) in [4.78, 5) is 8.88. The molecule has 0 aromatic carbocycles. The van der Waals surface area contributed by atoms with Gasteiger partial charge in [-0.15, -0.1) is 24.0 Å². The highest BCUT2D eigenvalue weighted by atomic mass is 127. The molecule has 0 aliphatic heterocycles. The summed E-state index contributed by atoms with van der Waals surface area (Å²) in [6.45, 7) is 14.0. The van der Waals surface area contributed by atoms with E-state index in [9.17, 15) is 0 Å². The zero-order valence-corrected chi connectivity index (χ0v) is 19.1. The quantitative estimate of drug-likeness (QED) is 0.220. The minimum atomic E-state index is 0. The predicted molar refractivity (Wildman–Crippen MR) is 119 cm³/mol. The van der Waals surface area contributed by atoms with Crippen molar-refractivity contribution >= 4 is 29.9 Å². The van der Waals surface area contributed by atoms with E-state index in [0.717, 1.165) is 37.6 Å². The molecule has 0 saturated heterocycles. The van der Waals surface area contributed by atoms with E-state index < -0.39 is 0 Å². The average Bonchev–Trinajstić information content (AvgIpc) is 2.56. The Hall–Kier alpha value is -1.09. The first-order valence-corrected chi connectivity index (χ1v) is 9.22. The summed E-state index contributed by atoms with van der Waals surface area (Å²) < 4.78 is 11.2. The third-order valence-electron chi connectivity index (χ3n) is 3.30. The van der Waals surface area contributed by atoms with E-state index in [1.54, 1.807) is 6.20 Å². The van der Waals surface area contributed by atoms with Crippen LogP contribution in [0.5, 0.6) is 5.88 Å². The number of aromatic nitrogens is 1. The van der Waals surface area contributed by atoms with Crippen molar-refractivity contribution in [2.45, 2.75) is 53.7 Å². The van der Waals surface area contributed by atoms with Crippen molar-refractivity contribution in [1.82, 2.24) is 15.6 Å². The second-order valence-electron chi connectivity index (χ2n) is 6.59. The molecule has 0 fully saturated rings. The standard InChI is InChI=1S/C19H34N4O2.HI/c1-6-20-19(21-10-12-24-11-9-15(2)3)23-14-17-7-8-18(22-13-17)25-16(4)5;/h7-8,13,15-16H,6,9-12,14H2,1-5H3,(H2,20,21,23);1H. The Balaban J connectivity index is 0.00000625. The van der Waals surface area contributed by atoms with Crippen LogP contribution in [-0.2, 0) is 11.3 Å². The lowest BCUT2D eigenvalue weighted by atomic mass is 10.1. The Morgan fingerprint density at radius 2 is 1.92 bits per heavy atom. The largest absolute Gasteiger partial charge is 0.475 e. The van der Waals surface area contributed by atoms with Gasteiger partial charge >= 0.3 is 0 Å². The predicted octanol–water partition coefficient (Wildman–Crippen LogP) is 3.60. The lowest BCUT2D eigenvalue weighted by molar-refractivity contribution is 0.128. The number of hydrogen-bond acceptors (Lipinski definition) is 4. The van der Waals surface area contributed by atoms with Crippen LogP contribution >= 0.6 is 24.0 Å². The van der Waals surface area contributed by atoms with Gasteiger partial charge in [-0.1, -0.05) is 19.9 Å².